The molecule has 0 fully saturated rings. The molecule has 1 unspecified atom stereocenters. The van der Waals surface area contributed by atoms with E-state index in [4.69, 9.17) is 10.5 Å². The van der Waals surface area contributed by atoms with E-state index in [1.807, 2.05) is 0 Å². The van der Waals surface area contributed by atoms with Crippen LogP contribution in [0.5, 0.6) is 5.75 Å². The van der Waals surface area contributed by atoms with Crippen LogP contribution in [-0.4, -0.2) is 12.1 Å². The van der Waals surface area contributed by atoms with Crippen LogP contribution in [0.3, 0.4) is 0 Å². The second-order valence-electron chi connectivity index (χ2n) is 5.30. The predicted molar refractivity (Wildman–Crippen MR) is 81.7 cm³/mol. The quantitative estimate of drug-likeness (QED) is 0.881. The summed E-state index contributed by atoms with van der Waals surface area (Å²) < 4.78 is 5.94. The SMILES string of the molecule is CCC(N)Cc1c(OC(C)C)ccc2ccccc12. The Balaban J connectivity index is 2.51. The van der Waals surface area contributed by atoms with Crippen molar-refractivity contribution in [1.82, 2.24) is 0 Å². The molecule has 0 aromatic heterocycles. The van der Waals surface area contributed by atoms with E-state index in [-0.39, 0.29) is 12.1 Å². The van der Waals surface area contributed by atoms with Gasteiger partial charge < -0.3 is 10.5 Å². The first kappa shape index (κ1) is 13.9. The monoisotopic (exact) mass is 257 g/mol. The maximum Gasteiger partial charge on any atom is 0.123 e. The third-order valence-corrected chi connectivity index (χ3v) is 3.35. The molecule has 2 heteroatoms. The Morgan fingerprint density at radius 2 is 1.84 bits per heavy atom. The van der Waals surface area contributed by atoms with Crippen LogP contribution in [0.4, 0.5) is 0 Å². The highest BCUT2D eigenvalue weighted by atomic mass is 16.5. The Morgan fingerprint density at radius 1 is 1.11 bits per heavy atom. The molecule has 0 aliphatic rings. The smallest absolute Gasteiger partial charge is 0.123 e. The standard InChI is InChI=1S/C17H23NO/c1-4-14(18)11-16-15-8-6-5-7-13(15)9-10-17(16)19-12(2)3/h5-10,12,14H,4,11,18H2,1-3H3. The molecule has 2 N–H and O–H groups in total. The largest absolute Gasteiger partial charge is 0.491 e. The zero-order valence-electron chi connectivity index (χ0n) is 12.0. The van der Waals surface area contributed by atoms with Crippen molar-refractivity contribution in [2.24, 2.45) is 5.73 Å². The third-order valence-electron chi connectivity index (χ3n) is 3.35. The first-order valence-electron chi connectivity index (χ1n) is 7.04. The van der Waals surface area contributed by atoms with Gasteiger partial charge in [0, 0.05) is 11.6 Å². The van der Waals surface area contributed by atoms with Gasteiger partial charge in [-0.3, -0.25) is 0 Å². The molecule has 2 aromatic rings. The molecule has 0 aliphatic carbocycles. The molecule has 0 bridgehead atoms. The van der Waals surface area contributed by atoms with Crippen molar-refractivity contribution in [3.05, 3.63) is 42.0 Å². The van der Waals surface area contributed by atoms with Gasteiger partial charge in [-0.25, -0.2) is 0 Å². The fraction of sp³-hybridized carbons (Fsp3) is 0.412. The average molecular weight is 257 g/mol. The van der Waals surface area contributed by atoms with Crippen LogP contribution in [0.15, 0.2) is 36.4 Å². The first-order valence-corrected chi connectivity index (χ1v) is 7.04. The lowest BCUT2D eigenvalue weighted by atomic mass is 9.97. The van der Waals surface area contributed by atoms with E-state index >= 15 is 0 Å². The van der Waals surface area contributed by atoms with Crippen LogP contribution >= 0.6 is 0 Å². The van der Waals surface area contributed by atoms with E-state index in [2.05, 4.69) is 57.2 Å². The van der Waals surface area contributed by atoms with E-state index in [1.54, 1.807) is 0 Å². The van der Waals surface area contributed by atoms with Gasteiger partial charge in [0.15, 0.2) is 0 Å². The molecule has 1 atom stereocenters. The van der Waals surface area contributed by atoms with Crippen molar-refractivity contribution in [2.45, 2.75) is 45.8 Å². The first-order chi connectivity index (χ1) is 9.11. The number of nitrogens with two attached hydrogens (primary N) is 1. The van der Waals surface area contributed by atoms with Gasteiger partial charge in [0.05, 0.1) is 6.10 Å². The molecule has 102 valence electrons. The summed E-state index contributed by atoms with van der Waals surface area (Å²) in [6, 6.07) is 12.8. The Kier molecular flexibility index (Phi) is 4.43. The molecule has 0 aliphatic heterocycles. The summed E-state index contributed by atoms with van der Waals surface area (Å²) >= 11 is 0. The summed E-state index contributed by atoms with van der Waals surface area (Å²) in [5.41, 5.74) is 7.38. The van der Waals surface area contributed by atoms with E-state index in [0.717, 1.165) is 18.6 Å². The summed E-state index contributed by atoms with van der Waals surface area (Å²) in [6.07, 6.45) is 2.02. The van der Waals surface area contributed by atoms with Crippen LogP contribution in [-0.2, 0) is 6.42 Å². The molecular formula is C17H23NO. The summed E-state index contributed by atoms with van der Waals surface area (Å²) in [5.74, 6) is 0.970. The van der Waals surface area contributed by atoms with Gasteiger partial charge in [-0.15, -0.1) is 0 Å². The number of benzene rings is 2. The molecule has 0 amide bonds. The van der Waals surface area contributed by atoms with Gasteiger partial charge in [0.1, 0.15) is 5.75 Å². The Labute approximate surface area is 115 Å². The van der Waals surface area contributed by atoms with Gasteiger partial charge in [-0.2, -0.15) is 0 Å². The molecule has 0 radical (unpaired) electrons. The highest BCUT2D eigenvalue weighted by Crippen LogP contribution is 2.30. The highest BCUT2D eigenvalue weighted by molar-refractivity contribution is 5.87. The lowest BCUT2D eigenvalue weighted by Crippen LogP contribution is -2.22. The van der Waals surface area contributed by atoms with Crippen molar-refractivity contribution in [1.29, 1.82) is 0 Å². The lowest BCUT2D eigenvalue weighted by molar-refractivity contribution is 0.240. The van der Waals surface area contributed by atoms with Gasteiger partial charge >= 0.3 is 0 Å². The topological polar surface area (TPSA) is 35.2 Å². The van der Waals surface area contributed by atoms with Gasteiger partial charge in [0.2, 0.25) is 0 Å². The van der Waals surface area contributed by atoms with Crippen molar-refractivity contribution >= 4 is 10.8 Å². The van der Waals surface area contributed by atoms with Gasteiger partial charge in [0.25, 0.3) is 0 Å². The van der Waals surface area contributed by atoms with Gasteiger partial charge in [-0.05, 0) is 43.5 Å². The Hall–Kier alpha value is -1.54. The number of hydrogen-bond donors (Lipinski definition) is 1. The molecule has 2 aromatic carbocycles. The molecule has 19 heavy (non-hydrogen) atoms. The molecule has 0 saturated heterocycles. The van der Waals surface area contributed by atoms with Crippen LogP contribution in [0.25, 0.3) is 10.8 Å². The van der Waals surface area contributed by atoms with Crippen molar-refractivity contribution in [2.75, 3.05) is 0 Å². The third kappa shape index (κ3) is 3.27. The second-order valence-corrected chi connectivity index (χ2v) is 5.30. The Morgan fingerprint density at radius 3 is 2.53 bits per heavy atom. The molecule has 0 spiro atoms. The number of fused-ring (bicyclic) bond motifs is 1. The average Bonchev–Trinajstić information content (AvgIpc) is 2.40. The molecule has 0 saturated carbocycles. The summed E-state index contributed by atoms with van der Waals surface area (Å²) in [5, 5.41) is 2.50. The normalized spacial score (nSPS) is 12.9. The number of ether oxygens (including phenoxy) is 1. The number of rotatable bonds is 5. The lowest BCUT2D eigenvalue weighted by Gasteiger charge is -2.18. The van der Waals surface area contributed by atoms with Crippen molar-refractivity contribution < 1.29 is 4.74 Å². The summed E-state index contributed by atoms with van der Waals surface area (Å²) in [7, 11) is 0. The van der Waals surface area contributed by atoms with Crippen LogP contribution < -0.4 is 10.5 Å². The van der Waals surface area contributed by atoms with Gasteiger partial charge in [-0.1, -0.05) is 37.3 Å². The minimum Gasteiger partial charge on any atom is -0.491 e. The minimum absolute atomic E-state index is 0.178. The zero-order valence-corrected chi connectivity index (χ0v) is 12.0. The van der Waals surface area contributed by atoms with E-state index < -0.39 is 0 Å². The molecule has 2 rings (SSSR count). The van der Waals surface area contributed by atoms with Crippen molar-refractivity contribution in [3.8, 4) is 5.75 Å². The molecular weight excluding hydrogens is 234 g/mol. The maximum absolute atomic E-state index is 6.14. The zero-order chi connectivity index (χ0) is 13.8. The fourth-order valence-corrected chi connectivity index (χ4v) is 2.30. The van der Waals surface area contributed by atoms with Crippen LogP contribution in [0.2, 0.25) is 0 Å². The predicted octanol–water partition coefficient (Wildman–Crippen LogP) is 3.91. The minimum atomic E-state index is 0.178. The van der Waals surface area contributed by atoms with Crippen molar-refractivity contribution in [3.63, 3.8) is 0 Å². The highest BCUT2D eigenvalue weighted by Gasteiger charge is 2.12. The Bertz CT molecular complexity index is 548. The molecule has 0 heterocycles. The van der Waals surface area contributed by atoms with E-state index in [1.165, 1.54) is 16.3 Å². The maximum atomic E-state index is 6.14. The summed E-state index contributed by atoms with van der Waals surface area (Å²) in [4.78, 5) is 0. The summed E-state index contributed by atoms with van der Waals surface area (Å²) in [6.45, 7) is 6.23. The van der Waals surface area contributed by atoms with E-state index in [0.29, 0.717) is 0 Å². The fourth-order valence-electron chi connectivity index (χ4n) is 2.30. The number of hydrogen-bond acceptors (Lipinski definition) is 2. The van der Waals surface area contributed by atoms with Crippen LogP contribution in [0, 0.1) is 0 Å². The molecule has 2 nitrogen and oxygen atoms in total. The van der Waals surface area contributed by atoms with Crippen LogP contribution in [0.1, 0.15) is 32.8 Å². The second kappa shape index (κ2) is 6.07. The van der Waals surface area contributed by atoms with E-state index in [9.17, 15) is 0 Å².